The van der Waals surface area contributed by atoms with Gasteiger partial charge in [-0.15, -0.1) is 0 Å². The number of ether oxygens (including phenoxy) is 1. The topological polar surface area (TPSA) is 80.6 Å². The van der Waals surface area contributed by atoms with Crippen LogP contribution in [0.4, 0.5) is 11.4 Å². The summed E-state index contributed by atoms with van der Waals surface area (Å²) in [6.07, 6.45) is 6.13. The molecule has 0 saturated heterocycles. The third kappa shape index (κ3) is 4.32. The fourth-order valence-corrected chi connectivity index (χ4v) is 4.01. The van der Waals surface area contributed by atoms with Gasteiger partial charge < -0.3 is 19.8 Å². The van der Waals surface area contributed by atoms with Crippen molar-refractivity contribution in [2.45, 2.75) is 32.1 Å². The highest BCUT2D eigenvalue weighted by molar-refractivity contribution is 6.08. The van der Waals surface area contributed by atoms with E-state index < -0.39 is 5.63 Å². The maximum Gasteiger partial charge on any atom is 0.362 e. The normalized spacial score (nSPS) is 14.4. The first-order valence-corrected chi connectivity index (χ1v) is 10.4. The molecule has 30 heavy (non-hydrogen) atoms. The Morgan fingerprint density at radius 2 is 1.77 bits per heavy atom. The summed E-state index contributed by atoms with van der Waals surface area (Å²) in [6, 6.07) is 14.1. The van der Waals surface area contributed by atoms with Crippen LogP contribution in [0.5, 0.6) is 5.75 Å². The van der Waals surface area contributed by atoms with E-state index in [9.17, 15) is 9.59 Å². The summed E-state index contributed by atoms with van der Waals surface area (Å²) in [4.78, 5) is 25.5. The maximum absolute atomic E-state index is 12.8. The fraction of sp³-hybridized carbons (Fsp3) is 0.333. The molecule has 1 fully saturated rings. The van der Waals surface area contributed by atoms with Crippen LogP contribution in [0.25, 0.3) is 11.0 Å². The molecule has 156 valence electrons. The summed E-state index contributed by atoms with van der Waals surface area (Å²) in [5.74, 6) is 0.849. The molecule has 1 aliphatic rings. The fourth-order valence-electron chi connectivity index (χ4n) is 4.01. The zero-order valence-electron chi connectivity index (χ0n) is 17.1. The SMILES string of the molecule is COc1ccc(C(=O)Nc2c(NCC3CCCCC3)c3ccccc3oc2=O)cc1. The van der Waals surface area contributed by atoms with Gasteiger partial charge in [-0.25, -0.2) is 4.79 Å². The maximum atomic E-state index is 12.8. The lowest BCUT2D eigenvalue weighted by Gasteiger charge is -2.23. The summed E-state index contributed by atoms with van der Waals surface area (Å²) < 4.78 is 10.6. The molecule has 0 bridgehead atoms. The van der Waals surface area contributed by atoms with Gasteiger partial charge >= 0.3 is 5.63 Å². The largest absolute Gasteiger partial charge is 0.497 e. The Hall–Kier alpha value is -3.28. The lowest BCUT2D eigenvalue weighted by molar-refractivity contribution is 0.102. The van der Waals surface area contributed by atoms with Gasteiger partial charge in [0.2, 0.25) is 0 Å². The Morgan fingerprint density at radius 1 is 1.03 bits per heavy atom. The average Bonchev–Trinajstić information content (AvgIpc) is 2.79. The molecule has 1 heterocycles. The van der Waals surface area contributed by atoms with Gasteiger partial charge in [0.05, 0.1) is 12.8 Å². The highest BCUT2D eigenvalue weighted by Gasteiger charge is 2.20. The van der Waals surface area contributed by atoms with Gasteiger partial charge in [-0.2, -0.15) is 0 Å². The van der Waals surface area contributed by atoms with Crippen molar-refractivity contribution in [3.63, 3.8) is 0 Å². The number of para-hydroxylation sites is 1. The van der Waals surface area contributed by atoms with Gasteiger partial charge in [0, 0.05) is 17.5 Å². The number of nitrogens with one attached hydrogen (secondary N) is 2. The van der Waals surface area contributed by atoms with E-state index in [0.717, 1.165) is 11.9 Å². The number of fused-ring (bicyclic) bond motifs is 1. The molecule has 3 aromatic rings. The second-order valence-corrected chi connectivity index (χ2v) is 7.70. The average molecular weight is 406 g/mol. The molecule has 4 rings (SSSR count). The van der Waals surface area contributed by atoms with Crippen LogP contribution in [0.2, 0.25) is 0 Å². The van der Waals surface area contributed by atoms with Crippen molar-refractivity contribution < 1.29 is 13.9 Å². The molecular weight excluding hydrogens is 380 g/mol. The van der Waals surface area contributed by atoms with Crippen molar-refractivity contribution in [3.8, 4) is 5.75 Å². The van der Waals surface area contributed by atoms with E-state index in [1.165, 1.54) is 32.1 Å². The smallest absolute Gasteiger partial charge is 0.362 e. The Bertz CT molecular complexity index is 1080. The summed E-state index contributed by atoms with van der Waals surface area (Å²) >= 11 is 0. The number of carbonyl (C=O) groups excluding carboxylic acids is 1. The van der Waals surface area contributed by atoms with E-state index in [1.807, 2.05) is 18.2 Å². The zero-order valence-corrected chi connectivity index (χ0v) is 17.1. The Kier molecular flexibility index (Phi) is 6.02. The van der Waals surface area contributed by atoms with E-state index in [2.05, 4.69) is 10.6 Å². The van der Waals surface area contributed by atoms with Crippen molar-refractivity contribution in [1.82, 2.24) is 0 Å². The third-order valence-electron chi connectivity index (χ3n) is 5.70. The third-order valence-corrected chi connectivity index (χ3v) is 5.70. The Morgan fingerprint density at radius 3 is 2.50 bits per heavy atom. The lowest BCUT2D eigenvalue weighted by Crippen LogP contribution is -2.22. The number of benzene rings is 2. The monoisotopic (exact) mass is 406 g/mol. The van der Waals surface area contributed by atoms with Crippen LogP contribution in [-0.4, -0.2) is 19.6 Å². The second kappa shape index (κ2) is 9.03. The minimum absolute atomic E-state index is 0.144. The summed E-state index contributed by atoms with van der Waals surface area (Å²) in [7, 11) is 1.57. The van der Waals surface area contributed by atoms with Crippen LogP contribution in [0.15, 0.2) is 57.7 Å². The molecule has 1 aromatic heterocycles. The van der Waals surface area contributed by atoms with E-state index in [1.54, 1.807) is 37.4 Å². The molecule has 0 radical (unpaired) electrons. The van der Waals surface area contributed by atoms with Gasteiger partial charge in [0.15, 0.2) is 5.69 Å². The molecule has 2 aromatic carbocycles. The molecule has 0 aliphatic heterocycles. The molecular formula is C24H26N2O4. The van der Waals surface area contributed by atoms with Gasteiger partial charge in [0.1, 0.15) is 11.3 Å². The minimum Gasteiger partial charge on any atom is -0.497 e. The van der Waals surface area contributed by atoms with E-state index in [4.69, 9.17) is 9.15 Å². The molecule has 1 amide bonds. The first-order valence-electron chi connectivity index (χ1n) is 10.4. The number of carbonyl (C=O) groups is 1. The van der Waals surface area contributed by atoms with Gasteiger partial charge in [-0.3, -0.25) is 4.79 Å². The van der Waals surface area contributed by atoms with E-state index in [0.29, 0.717) is 28.5 Å². The number of amides is 1. The van der Waals surface area contributed by atoms with Crippen LogP contribution >= 0.6 is 0 Å². The number of methoxy groups -OCH3 is 1. The molecule has 0 unspecified atom stereocenters. The standard InChI is InChI=1S/C24H26N2O4/c1-29-18-13-11-17(12-14-18)23(27)26-22-21(25-15-16-7-3-2-4-8-16)19-9-5-6-10-20(19)30-24(22)28/h5-6,9-14,16,25H,2-4,7-8,15H2,1H3,(H,26,27). The number of anilines is 2. The van der Waals surface area contributed by atoms with Crippen LogP contribution < -0.4 is 21.0 Å². The quantitative estimate of drug-likeness (QED) is 0.560. The molecule has 0 atom stereocenters. The van der Waals surface area contributed by atoms with Crippen LogP contribution in [0.3, 0.4) is 0 Å². The number of rotatable bonds is 6. The highest BCUT2D eigenvalue weighted by atomic mass is 16.5. The molecule has 0 spiro atoms. The van der Waals surface area contributed by atoms with Crippen molar-refractivity contribution in [2.24, 2.45) is 5.92 Å². The highest BCUT2D eigenvalue weighted by Crippen LogP contribution is 2.31. The van der Waals surface area contributed by atoms with Gasteiger partial charge in [-0.05, 0) is 55.2 Å². The predicted molar refractivity (Wildman–Crippen MR) is 118 cm³/mol. The summed E-state index contributed by atoms with van der Waals surface area (Å²) in [5, 5.41) is 6.99. The Balaban J connectivity index is 1.65. The number of hydrogen-bond acceptors (Lipinski definition) is 5. The van der Waals surface area contributed by atoms with Gasteiger partial charge in [0.25, 0.3) is 5.91 Å². The van der Waals surface area contributed by atoms with Crippen LogP contribution in [-0.2, 0) is 0 Å². The molecule has 2 N–H and O–H groups in total. The van der Waals surface area contributed by atoms with E-state index >= 15 is 0 Å². The summed E-state index contributed by atoms with van der Waals surface area (Å²) in [5.41, 5.74) is 1.12. The zero-order chi connectivity index (χ0) is 20.9. The molecule has 6 heteroatoms. The molecule has 1 aliphatic carbocycles. The summed E-state index contributed by atoms with van der Waals surface area (Å²) in [6.45, 7) is 0.763. The lowest BCUT2D eigenvalue weighted by atomic mass is 9.89. The second-order valence-electron chi connectivity index (χ2n) is 7.70. The first kappa shape index (κ1) is 20.0. The Labute approximate surface area is 175 Å². The number of hydrogen-bond donors (Lipinski definition) is 2. The molecule has 1 saturated carbocycles. The van der Waals surface area contributed by atoms with Crippen molar-refractivity contribution in [1.29, 1.82) is 0 Å². The van der Waals surface area contributed by atoms with Crippen molar-refractivity contribution >= 4 is 28.3 Å². The van der Waals surface area contributed by atoms with Crippen molar-refractivity contribution in [2.75, 3.05) is 24.3 Å². The molecule has 6 nitrogen and oxygen atoms in total. The van der Waals surface area contributed by atoms with E-state index in [-0.39, 0.29) is 11.6 Å². The van der Waals surface area contributed by atoms with Crippen LogP contribution in [0.1, 0.15) is 42.5 Å². The van der Waals surface area contributed by atoms with Crippen LogP contribution in [0, 0.1) is 5.92 Å². The minimum atomic E-state index is -0.568. The van der Waals surface area contributed by atoms with Gasteiger partial charge in [-0.1, -0.05) is 31.4 Å². The van der Waals surface area contributed by atoms with Crippen molar-refractivity contribution in [3.05, 3.63) is 64.5 Å². The predicted octanol–water partition coefficient (Wildman–Crippen LogP) is 5.05. The first-order chi connectivity index (χ1) is 14.7.